The molecule has 1 aliphatic heterocycles. The first-order valence-corrected chi connectivity index (χ1v) is 6.34. The molecule has 4 N–H and O–H groups in total. The van der Waals surface area contributed by atoms with Crippen molar-refractivity contribution in [1.29, 1.82) is 0 Å². The fourth-order valence-electron chi connectivity index (χ4n) is 2.27. The van der Waals surface area contributed by atoms with Crippen LogP contribution >= 0.6 is 0 Å². The molecule has 0 aromatic carbocycles. The van der Waals surface area contributed by atoms with Crippen LogP contribution in [0.2, 0.25) is 0 Å². The van der Waals surface area contributed by atoms with Gasteiger partial charge in [-0.3, -0.25) is 9.59 Å². The number of hydrogen-bond donors (Lipinski definition) is 2. The van der Waals surface area contributed by atoms with Gasteiger partial charge < -0.3 is 16.4 Å². The molecule has 0 aromatic rings. The predicted molar refractivity (Wildman–Crippen MR) is 66.0 cm³/mol. The van der Waals surface area contributed by atoms with Crippen LogP contribution in [0, 0.1) is 11.8 Å². The SMILES string of the molecule is CC(CCCN)C(=O)N1CCCC(C(N)=O)C1. The van der Waals surface area contributed by atoms with Crippen LogP contribution in [-0.4, -0.2) is 36.3 Å². The summed E-state index contributed by atoms with van der Waals surface area (Å²) >= 11 is 0. The van der Waals surface area contributed by atoms with Crippen molar-refractivity contribution in [2.24, 2.45) is 23.3 Å². The minimum Gasteiger partial charge on any atom is -0.369 e. The van der Waals surface area contributed by atoms with Crippen LogP contribution in [0.4, 0.5) is 0 Å². The maximum Gasteiger partial charge on any atom is 0.225 e. The molecule has 0 aromatic heterocycles. The monoisotopic (exact) mass is 241 g/mol. The minimum atomic E-state index is -0.294. The number of nitrogens with two attached hydrogens (primary N) is 2. The van der Waals surface area contributed by atoms with Gasteiger partial charge in [-0.2, -0.15) is 0 Å². The highest BCUT2D eigenvalue weighted by molar-refractivity contribution is 5.81. The molecule has 1 aliphatic rings. The highest BCUT2D eigenvalue weighted by Gasteiger charge is 2.28. The third kappa shape index (κ3) is 4.00. The summed E-state index contributed by atoms with van der Waals surface area (Å²) in [6.45, 7) is 3.77. The van der Waals surface area contributed by atoms with Gasteiger partial charge in [-0.15, -0.1) is 0 Å². The first kappa shape index (κ1) is 14.0. The van der Waals surface area contributed by atoms with E-state index in [1.165, 1.54) is 0 Å². The lowest BCUT2D eigenvalue weighted by molar-refractivity contribution is -0.138. The van der Waals surface area contributed by atoms with E-state index in [4.69, 9.17) is 11.5 Å². The smallest absolute Gasteiger partial charge is 0.225 e. The van der Waals surface area contributed by atoms with Crippen molar-refractivity contribution >= 4 is 11.8 Å². The van der Waals surface area contributed by atoms with Gasteiger partial charge >= 0.3 is 0 Å². The predicted octanol–water partition coefficient (Wildman–Crippen LogP) is 0.0853. The molecule has 0 aliphatic carbocycles. The highest BCUT2D eigenvalue weighted by atomic mass is 16.2. The lowest BCUT2D eigenvalue weighted by Gasteiger charge is -2.33. The first-order chi connectivity index (χ1) is 8.06. The summed E-state index contributed by atoms with van der Waals surface area (Å²) < 4.78 is 0. The third-order valence-electron chi connectivity index (χ3n) is 3.40. The minimum absolute atomic E-state index is 0.00910. The van der Waals surface area contributed by atoms with E-state index in [2.05, 4.69) is 0 Å². The third-order valence-corrected chi connectivity index (χ3v) is 3.40. The number of carbonyl (C=O) groups is 2. The van der Waals surface area contributed by atoms with Crippen LogP contribution in [0.1, 0.15) is 32.6 Å². The molecule has 1 heterocycles. The summed E-state index contributed by atoms with van der Waals surface area (Å²) in [7, 11) is 0. The van der Waals surface area contributed by atoms with Crippen LogP contribution in [0.15, 0.2) is 0 Å². The number of piperidine rings is 1. The number of rotatable bonds is 5. The molecule has 2 unspecified atom stereocenters. The van der Waals surface area contributed by atoms with Crippen molar-refractivity contribution in [3.05, 3.63) is 0 Å². The molecule has 0 saturated carbocycles. The zero-order valence-electron chi connectivity index (χ0n) is 10.5. The lowest BCUT2D eigenvalue weighted by Crippen LogP contribution is -2.45. The number of likely N-dealkylation sites (tertiary alicyclic amines) is 1. The van der Waals surface area contributed by atoms with E-state index in [9.17, 15) is 9.59 Å². The number of amides is 2. The Balaban J connectivity index is 2.48. The van der Waals surface area contributed by atoms with Crippen molar-refractivity contribution in [1.82, 2.24) is 4.90 Å². The Bertz CT molecular complexity index is 281. The summed E-state index contributed by atoms with van der Waals surface area (Å²) in [5.41, 5.74) is 10.7. The van der Waals surface area contributed by atoms with Crippen LogP contribution in [0.5, 0.6) is 0 Å². The highest BCUT2D eigenvalue weighted by Crippen LogP contribution is 2.19. The molecule has 0 spiro atoms. The first-order valence-electron chi connectivity index (χ1n) is 6.34. The Kier molecular flexibility index (Phi) is 5.41. The quantitative estimate of drug-likeness (QED) is 0.714. The van der Waals surface area contributed by atoms with E-state index < -0.39 is 0 Å². The van der Waals surface area contributed by atoms with Crippen molar-refractivity contribution in [3.8, 4) is 0 Å². The van der Waals surface area contributed by atoms with Gasteiger partial charge in [0.05, 0.1) is 5.92 Å². The molecule has 98 valence electrons. The Morgan fingerprint density at radius 2 is 2.18 bits per heavy atom. The average Bonchev–Trinajstić information content (AvgIpc) is 2.35. The summed E-state index contributed by atoms with van der Waals surface area (Å²) in [6, 6.07) is 0. The van der Waals surface area contributed by atoms with E-state index in [1.54, 1.807) is 4.90 Å². The zero-order valence-corrected chi connectivity index (χ0v) is 10.5. The van der Waals surface area contributed by atoms with E-state index >= 15 is 0 Å². The van der Waals surface area contributed by atoms with Gasteiger partial charge in [0, 0.05) is 19.0 Å². The molecule has 1 saturated heterocycles. The largest absolute Gasteiger partial charge is 0.369 e. The molecule has 1 rings (SSSR count). The molecular formula is C12H23N3O2. The van der Waals surface area contributed by atoms with Crippen molar-refractivity contribution < 1.29 is 9.59 Å². The molecule has 17 heavy (non-hydrogen) atoms. The molecule has 1 fully saturated rings. The molecule has 2 amide bonds. The number of nitrogens with zero attached hydrogens (tertiary/aromatic N) is 1. The second kappa shape index (κ2) is 6.59. The maximum absolute atomic E-state index is 12.1. The second-order valence-corrected chi connectivity index (χ2v) is 4.86. The zero-order chi connectivity index (χ0) is 12.8. The Labute approximate surface area is 103 Å². The summed E-state index contributed by atoms with van der Waals surface area (Å²) in [5, 5.41) is 0. The molecule has 0 radical (unpaired) electrons. The lowest BCUT2D eigenvalue weighted by atomic mass is 9.95. The van der Waals surface area contributed by atoms with Gasteiger partial charge in [0.2, 0.25) is 11.8 Å². The topological polar surface area (TPSA) is 89.4 Å². The van der Waals surface area contributed by atoms with Gasteiger partial charge in [-0.1, -0.05) is 6.92 Å². The van der Waals surface area contributed by atoms with E-state index in [0.717, 1.165) is 32.2 Å². The van der Waals surface area contributed by atoms with Gasteiger partial charge in [-0.25, -0.2) is 0 Å². The van der Waals surface area contributed by atoms with Crippen LogP contribution < -0.4 is 11.5 Å². The molecule has 5 heteroatoms. The van der Waals surface area contributed by atoms with Crippen molar-refractivity contribution in [3.63, 3.8) is 0 Å². The number of primary amides is 1. The Morgan fingerprint density at radius 3 is 2.76 bits per heavy atom. The van der Waals surface area contributed by atoms with E-state index in [1.807, 2.05) is 6.92 Å². The number of hydrogen-bond acceptors (Lipinski definition) is 3. The maximum atomic E-state index is 12.1. The average molecular weight is 241 g/mol. The summed E-state index contributed by atoms with van der Waals surface area (Å²) in [4.78, 5) is 25.0. The summed E-state index contributed by atoms with van der Waals surface area (Å²) in [6.07, 6.45) is 3.34. The Morgan fingerprint density at radius 1 is 1.47 bits per heavy atom. The molecule has 0 bridgehead atoms. The fraction of sp³-hybridized carbons (Fsp3) is 0.833. The van der Waals surface area contributed by atoms with Crippen molar-refractivity contribution in [2.75, 3.05) is 19.6 Å². The van der Waals surface area contributed by atoms with Gasteiger partial charge in [0.25, 0.3) is 0 Å². The van der Waals surface area contributed by atoms with Crippen molar-refractivity contribution in [2.45, 2.75) is 32.6 Å². The second-order valence-electron chi connectivity index (χ2n) is 4.86. The van der Waals surface area contributed by atoms with Crippen LogP contribution in [0.3, 0.4) is 0 Å². The standard InChI is InChI=1S/C12H23N3O2/c1-9(4-2-6-13)12(17)15-7-3-5-10(8-15)11(14)16/h9-10H,2-8,13H2,1H3,(H2,14,16). The normalized spacial score (nSPS) is 22.2. The van der Waals surface area contributed by atoms with Gasteiger partial charge in [0.15, 0.2) is 0 Å². The Hall–Kier alpha value is -1.10. The fourth-order valence-corrected chi connectivity index (χ4v) is 2.27. The molecular weight excluding hydrogens is 218 g/mol. The van der Waals surface area contributed by atoms with Crippen LogP contribution in [-0.2, 0) is 9.59 Å². The van der Waals surface area contributed by atoms with Gasteiger partial charge in [0.1, 0.15) is 0 Å². The molecule has 5 nitrogen and oxygen atoms in total. The van der Waals surface area contributed by atoms with Crippen LogP contribution in [0.25, 0.3) is 0 Å². The number of carbonyl (C=O) groups excluding carboxylic acids is 2. The summed E-state index contributed by atoms with van der Waals surface area (Å²) in [5.74, 6) is -0.346. The van der Waals surface area contributed by atoms with E-state index in [0.29, 0.717) is 13.1 Å². The molecule has 2 atom stereocenters. The van der Waals surface area contributed by atoms with Gasteiger partial charge in [-0.05, 0) is 32.2 Å². The van der Waals surface area contributed by atoms with E-state index in [-0.39, 0.29) is 23.7 Å².